The second-order valence-corrected chi connectivity index (χ2v) is 4.11. The molecule has 0 fully saturated rings. The van der Waals surface area contributed by atoms with Crippen LogP contribution in [0, 0.1) is 0 Å². The van der Waals surface area contributed by atoms with Gasteiger partial charge in [-0.15, -0.1) is 0 Å². The van der Waals surface area contributed by atoms with Crippen molar-refractivity contribution >= 4 is 21.5 Å². The van der Waals surface area contributed by atoms with E-state index in [2.05, 4.69) is 5.32 Å². The first-order chi connectivity index (χ1) is 8.11. The Balaban J connectivity index is 2.18. The van der Waals surface area contributed by atoms with Crippen molar-refractivity contribution in [2.45, 2.75) is 19.2 Å². The molecule has 6 heteroatoms. The van der Waals surface area contributed by atoms with E-state index in [4.69, 9.17) is 9.47 Å². The summed E-state index contributed by atoms with van der Waals surface area (Å²) in [5.74, 6) is 1.41. The summed E-state index contributed by atoms with van der Waals surface area (Å²) in [5.41, 5.74) is 0.648. The maximum Gasteiger partial charge on any atom is 0.207 e. The third kappa shape index (κ3) is 2.47. The Labute approximate surface area is 102 Å². The molecule has 88 valence electrons. The molecule has 0 bridgehead atoms. The molecule has 0 spiro atoms. The van der Waals surface area contributed by atoms with Crippen molar-refractivity contribution in [3.05, 3.63) is 23.8 Å². The van der Waals surface area contributed by atoms with Crippen molar-refractivity contribution in [2.75, 3.05) is 6.44 Å². The number of carbonyl (C=O) groups excluding carboxylic acids is 1. The third-order valence-electron chi connectivity index (χ3n) is 2.72. The van der Waals surface area contributed by atoms with E-state index in [-0.39, 0.29) is 18.0 Å². The van der Waals surface area contributed by atoms with Gasteiger partial charge in [0.1, 0.15) is 7.85 Å². The smallest absolute Gasteiger partial charge is 0.207 e. The molecule has 1 unspecified atom stereocenters. The molecule has 1 aromatic carbocycles. The highest BCUT2D eigenvalue weighted by Crippen LogP contribution is 2.34. The zero-order valence-electron chi connectivity index (χ0n) is 10.3. The number of hydrogen-bond donors (Lipinski definition) is 1. The highest BCUT2D eigenvalue weighted by Gasteiger charge is 2.22. The van der Waals surface area contributed by atoms with E-state index in [0.717, 1.165) is 6.44 Å². The predicted molar refractivity (Wildman–Crippen MR) is 70.4 cm³/mol. The summed E-state index contributed by atoms with van der Waals surface area (Å²) in [6.45, 7) is 1.86. The van der Waals surface area contributed by atoms with Crippen LogP contribution in [0.15, 0.2) is 18.2 Å². The molecule has 2 rings (SSSR count). The maximum atomic E-state index is 12.1. The molecule has 2 atom stereocenters. The van der Waals surface area contributed by atoms with E-state index in [1.165, 1.54) is 0 Å². The second kappa shape index (κ2) is 4.84. The summed E-state index contributed by atoms with van der Waals surface area (Å²) in [6, 6.07) is 5.12. The molecule has 1 aliphatic heterocycles. The lowest BCUT2D eigenvalue weighted by Crippen LogP contribution is -2.34. The number of Topliss-reactive ketones (excluding diaryl/α,β-unsaturated/α-hetero) is 1. The molecule has 0 radical (unpaired) electrons. The van der Waals surface area contributed by atoms with Gasteiger partial charge in [-0.2, -0.15) is 0 Å². The average molecular weight is 231 g/mol. The quantitative estimate of drug-likeness (QED) is 0.540. The standard InChI is InChI=1S/C11H15B2NO3/c1-6(14-5-12)10(15)7-2-3-8-9(4-7)17-11(13)16-8/h2-4,6,11,14H,5,12-13H2,1H3/t6-,11?/m1/s1. The molecular formula is C11H15B2NO3. The van der Waals surface area contributed by atoms with Crippen LogP contribution >= 0.6 is 0 Å². The minimum atomic E-state index is -0.276. The van der Waals surface area contributed by atoms with Crippen molar-refractivity contribution in [3.63, 3.8) is 0 Å². The first kappa shape index (κ1) is 12.0. The van der Waals surface area contributed by atoms with Gasteiger partial charge < -0.3 is 14.8 Å². The van der Waals surface area contributed by atoms with Crippen LogP contribution in [0.2, 0.25) is 0 Å². The van der Waals surface area contributed by atoms with Gasteiger partial charge in [0.15, 0.2) is 23.5 Å². The molecule has 17 heavy (non-hydrogen) atoms. The molecule has 4 nitrogen and oxygen atoms in total. The van der Waals surface area contributed by atoms with E-state index in [1.54, 1.807) is 18.2 Å². The SMILES string of the molecule is BCN[C@H](C)C(=O)c1ccc2c(c1)OC(B)O2. The Bertz CT molecular complexity index is 439. The molecule has 0 saturated carbocycles. The largest absolute Gasteiger partial charge is 0.460 e. The minimum Gasteiger partial charge on any atom is -0.460 e. The van der Waals surface area contributed by atoms with Crippen LogP contribution in [0.3, 0.4) is 0 Å². The van der Waals surface area contributed by atoms with Gasteiger partial charge in [-0.3, -0.25) is 4.79 Å². The van der Waals surface area contributed by atoms with E-state index >= 15 is 0 Å². The van der Waals surface area contributed by atoms with Gasteiger partial charge in [0, 0.05) is 5.56 Å². The highest BCUT2D eigenvalue weighted by atomic mass is 16.7. The molecule has 1 aliphatic rings. The molecule has 0 amide bonds. The van der Waals surface area contributed by atoms with E-state index < -0.39 is 0 Å². The van der Waals surface area contributed by atoms with E-state index in [9.17, 15) is 4.79 Å². The number of ketones is 1. The Hall–Kier alpha value is -1.42. The van der Waals surface area contributed by atoms with Crippen LogP contribution in [0.1, 0.15) is 17.3 Å². The number of nitrogens with one attached hydrogen (secondary N) is 1. The summed E-state index contributed by atoms with van der Waals surface area (Å²) in [7, 11) is 3.80. The highest BCUT2D eigenvalue weighted by molar-refractivity contribution is 6.11. The molecular weight excluding hydrogens is 216 g/mol. The first-order valence-electron chi connectivity index (χ1n) is 5.86. The van der Waals surface area contributed by atoms with Crippen LogP contribution in [-0.4, -0.2) is 40.2 Å². The van der Waals surface area contributed by atoms with Gasteiger partial charge in [0.2, 0.25) is 7.85 Å². The average Bonchev–Trinajstić information content (AvgIpc) is 2.67. The number of carbonyl (C=O) groups is 1. The van der Waals surface area contributed by atoms with Crippen molar-refractivity contribution in [1.82, 2.24) is 5.32 Å². The van der Waals surface area contributed by atoms with Gasteiger partial charge >= 0.3 is 0 Å². The fraction of sp³-hybridized carbons (Fsp3) is 0.364. The zero-order chi connectivity index (χ0) is 12.4. The van der Waals surface area contributed by atoms with Gasteiger partial charge in [-0.05, 0) is 31.6 Å². The van der Waals surface area contributed by atoms with Crippen LogP contribution in [0.5, 0.6) is 11.5 Å². The summed E-state index contributed by atoms with van der Waals surface area (Å²) < 4.78 is 10.8. The molecule has 1 N–H and O–H groups in total. The van der Waals surface area contributed by atoms with Crippen LogP contribution in [-0.2, 0) is 0 Å². The molecule has 0 aromatic heterocycles. The molecule has 1 heterocycles. The Morgan fingerprint density at radius 3 is 2.88 bits per heavy atom. The first-order valence-corrected chi connectivity index (χ1v) is 5.86. The Kier molecular flexibility index (Phi) is 3.43. The van der Waals surface area contributed by atoms with Crippen molar-refractivity contribution in [3.8, 4) is 11.5 Å². The number of rotatable bonds is 4. The van der Waals surface area contributed by atoms with E-state index in [1.807, 2.05) is 22.6 Å². The predicted octanol–water partition coefficient (Wildman–Crippen LogP) is -0.874. The van der Waals surface area contributed by atoms with Gasteiger partial charge in [-0.25, -0.2) is 0 Å². The topological polar surface area (TPSA) is 47.6 Å². The van der Waals surface area contributed by atoms with Crippen LogP contribution in [0.25, 0.3) is 0 Å². The summed E-state index contributed by atoms with van der Waals surface area (Å²) in [6.07, 6.45) is 0.496. The van der Waals surface area contributed by atoms with E-state index in [0.29, 0.717) is 17.1 Å². The van der Waals surface area contributed by atoms with Gasteiger partial charge in [0.25, 0.3) is 0 Å². The monoisotopic (exact) mass is 231 g/mol. The second-order valence-electron chi connectivity index (χ2n) is 4.11. The third-order valence-corrected chi connectivity index (χ3v) is 2.72. The van der Waals surface area contributed by atoms with Crippen molar-refractivity contribution in [2.24, 2.45) is 0 Å². The maximum absolute atomic E-state index is 12.1. The minimum absolute atomic E-state index is 0.0674. The fourth-order valence-corrected chi connectivity index (χ4v) is 1.88. The lowest BCUT2D eigenvalue weighted by molar-refractivity contribution is 0.0953. The lowest BCUT2D eigenvalue weighted by Gasteiger charge is -2.11. The Morgan fingerprint density at radius 2 is 2.18 bits per heavy atom. The normalized spacial score (nSPS) is 19.0. The summed E-state index contributed by atoms with van der Waals surface area (Å²) in [5, 5.41) is 3.10. The molecule has 1 aromatic rings. The number of hydrogen-bond acceptors (Lipinski definition) is 4. The van der Waals surface area contributed by atoms with Crippen LogP contribution < -0.4 is 14.8 Å². The van der Waals surface area contributed by atoms with Crippen molar-refractivity contribution in [1.29, 1.82) is 0 Å². The lowest BCUT2D eigenvalue weighted by atomic mass is 10.0. The van der Waals surface area contributed by atoms with Gasteiger partial charge in [0.05, 0.1) is 6.04 Å². The van der Waals surface area contributed by atoms with Crippen molar-refractivity contribution < 1.29 is 14.3 Å². The summed E-state index contributed by atoms with van der Waals surface area (Å²) in [4.78, 5) is 12.1. The number of fused-ring (bicyclic) bond motifs is 1. The zero-order valence-corrected chi connectivity index (χ0v) is 10.3. The van der Waals surface area contributed by atoms with Gasteiger partial charge in [-0.1, -0.05) is 0 Å². The Morgan fingerprint density at radius 1 is 1.47 bits per heavy atom. The number of benzene rings is 1. The summed E-state index contributed by atoms with van der Waals surface area (Å²) >= 11 is 0. The number of ether oxygens (including phenoxy) is 2. The van der Waals surface area contributed by atoms with Crippen LogP contribution in [0.4, 0.5) is 0 Å². The molecule has 0 saturated heterocycles. The molecule has 0 aliphatic carbocycles. The fourth-order valence-electron chi connectivity index (χ4n) is 1.88.